The smallest absolute Gasteiger partial charge is 0.246 e. The molecule has 1 aromatic rings. The predicted octanol–water partition coefficient (Wildman–Crippen LogP) is 1.98. The van der Waals surface area contributed by atoms with Crippen LogP contribution in [0.5, 0.6) is 0 Å². The molecule has 5 nitrogen and oxygen atoms in total. The first kappa shape index (κ1) is 12.0. The van der Waals surface area contributed by atoms with Gasteiger partial charge in [0.1, 0.15) is 10.4 Å². The second-order valence-corrected chi connectivity index (χ2v) is 5.58. The summed E-state index contributed by atoms with van der Waals surface area (Å²) >= 11 is 1.36. The van der Waals surface area contributed by atoms with Crippen molar-refractivity contribution < 1.29 is 4.79 Å². The lowest BCUT2D eigenvalue weighted by molar-refractivity contribution is -0.128. The fourth-order valence-electron chi connectivity index (χ4n) is 2.12. The van der Waals surface area contributed by atoms with Gasteiger partial charge < -0.3 is 0 Å². The lowest BCUT2D eigenvalue weighted by Crippen LogP contribution is -2.45. The van der Waals surface area contributed by atoms with Crippen LogP contribution in [0.3, 0.4) is 0 Å². The molecule has 0 spiro atoms. The maximum atomic E-state index is 12.0. The monoisotopic (exact) mass is 250 g/mol. The van der Waals surface area contributed by atoms with E-state index in [0.29, 0.717) is 23.9 Å². The molecule has 1 aromatic heterocycles. The molecular weight excluding hydrogens is 236 g/mol. The minimum atomic E-state index is -0.850. The molecule has 1 fully saturated rings. The van der Waals surface area contributed by atoms with Gasteiger partial charge in [-0.2, -0.15) is 5.26 Å². The van der Waals surface area contributed by atoms with E-state index in [-0.39, 0.29) is 5.91 Å². The molecule has 0 atom stereocenters. The Hall–Kier alpha value is -1.48. The van der Waals surface area contributed by atoms with Crippen LogP contribution in [0.25, 0.3) is 0 Å². The summed E-state index contributed by atoms with van der Waals surface area (Å²) in [4.78, 5) is 12.0. The number of hydrogen-bond donors (Lipinski definition) is 1. The van der Waals surface area contributed by atoms with Crippen LogP contribution < -0.4 is 5.32 Å². The van der Waals surface area contributed by atoms with E-state index in [1.54, 1.807) is 0 Å². The van der Waals surface area contributed by atoms with E-state index in [1.165, 1.54) is 11.3 Å². The highest BCUT2D eigenvalue weighted by Crippen LogP contribution is 2.45. The standard InChI is InChI=1S/C11H14N4OS/c1-3-8-14-15-10(17-8)13-9(16)11(6-12)4-7(2)5-11/h7H,3-5H2,1-2H3,(H,13,15,16). The molecule has 1 amide bonds. The Morgan fingerprint density at radius 2 is 2.35 bits per heavy atom. The Morgan fingerprint density at radius 1 is 1.65 bits per heavy atom. The molecule has 0 aromatic carbocycles. The third kappa shape index (κ3) is 2.15. The topological polar surface area (TPSA) is 78.7 Å². The Kier molecular flexibility index (Phi) is 3.11. The van der Waals surface area contributed by atoms with Crippen molar-refractivity contribution in [3.05, 3.63) is 5.01 Å². The molecule has 17 heavy (non-hydrogen) atoms. The normalized spacial score (nSPS) is 27.0. The van der Waals surface area contributed by atoms with Gasteiger partial charge >= 0.3 is 0 Å². The number of aryl methyl sites for hydroxylation is 1. The predicted molar refractivity (Wildman–Crippen MR) is 64.4 cm³/mol. The molecule has 90 valence electrons. The van der Waals surface area contributed by atoms with Gasteiger partial charge in [0.2, 0.25) is 11.0 Å². The minimum absolute atomic E-state index is 0.239. The van der Waals surface area contributed by atoms with Gasteiger partial charge in [-0.25, -0.2) is 0 Å². The van der Waals surface area contributed by atoms with Crippen molar-refractivity contribution in [3.8, 4) is 6.07 Å². The summed E-state index contributed by atoms with van der Waals surface area (Å²) in [5, 5.41) is 21.0. The number of nitrogens with one attached hydrogen (secondary N) is 1. The van der Waals surface area contributed by atoms with Gasteiger partial charge in [-0.3, -0.25) is 10.1 Å². The van der Waals surface area contributed by atoms with E-state index in [1.807, 2.05) is 13.8 Å². The summed E-state index contributed by atoms with van der Waals surface area (Å²) in [6.07, 6.45) is 2.07. The number of nitriles is 1. The number of amides is 1. The fourth-order valence-corrected chi connectivity index (χ4v) is 2.80. The molecule has 1 N–H and O–H groups in total. The Morgan fingerprint density at radius 3 is 2.82 bits per heavy atom. The zero-order chi connectivity index (χ0) is 12.5. The maximum absolute atomic E-state index is 12.0. The number of aromatic nitrogens is 2. The van der Waals surface area contributed by atoms with E-state index in [9.17, 15) is 4.79 Å². The quantitative estimate of drug-likeness (QED) is 0.889. The second-order valence-electron chi connectivity index (χ2n) is 4.52. The van der Waals surface area contributed by atoms with Crippen molar-refractivity contribution in [1.29, 1.82) is 5.26 Å². The van der Waals surface area contributed by atoms with Gasteiger partial charge in [-0.15, -0.1) is 10.2 Å². The lowest BCUT2D eigenvalue weighted by Gasteiger charge is -2.38. The summed E-state index contributed by atoms with van der Waals surface area (Å²) in [7, 11) is 0. The lowest BCUT2D eigenvalue weighted by atomic mass is 9.63. The molecule has 0 bridgehead atoms. The van der Waals surface area contributed by atoms with Crippen LogP contribution in [-0.4, -0.2) is 16.1 Å². The highest BCUT2D eigenvalue weighted by atomic mass is 32.1. The summed E-state index contributed by atoms with van der Waals surface area (Å²) in [5.41, 5.74) is -0.850. The average molecular weight is 250 g/mol. The van der Waals surface area contributed by atoms with Gasteiger partial charge in [-0.1, -0.05) is 25.2 Å². The van der Waals surface area contributed by atoms with E-state index in [0.717, 1.165) is 11.4 Å². The molecule has 0 radical (unpaired) electrons. The molecule has 2 rings (SSSR count). The van der Waals surface area contributed by atoms with Crippen molar-refractivity contribution >= 4 is 22.4 Å². The number of rotatable bonds is 3. The van der Waals surface area contributed by atoms with Crippen LogP contribution >= 0.6 is 11.3 Å². The minimum Gasteiger partial charge on any atom is -0.299 e. The van der Waals surface area contributed by atoms with E-state index in [4.69, 9.17) is 5.26 Å². The highest BCUT2D eigenvalue weighted by Gasteiger charge is 2.49. The Balaban J connectivity index is 2.04. The summed E-state index contributed by atoms with van der Waals surface area (Å²) in [5.74, 6) is 0.206. The van der Waals surface area contributed by atoms with Crippen LogP contribution in [-0.2, 0) is 11.2 Å². The van der Waals surface area contributed by atoms with Crippen molar-refractivity contribution in [2.24, 2.45) is 11.3 Å². The van der Waals surface area contributed by atoms with Crippen LogP contribution in [0, 0.1) is 22.7 Å². The van der Waals surface area contributed by atoms with Crippen molar-refractivity contribution in [3.63, 3.8) is 0 Å². The molecule has 1 heterocycles. The molecule has 1 aliphatic rings. The molecule has 1 aliphatic carbocycles. The second kappa shape index (κ2) is 4.41. The first-order valence-corrected chi connectivity index (χ1v) is 6.46. The first-order chi connectivity index (χ1) is 8.09. The molecular formula is C11H14N4OS. The Bertz CT molecular complexity index is 470. The van der Waals surface area contributed by atoms with Crippen LogP contribution in [0.2, 0.25) is 0 Å². The van der Waals surface area contributed by atoms with Gasteiger partial charge in [0.25, 0.3) is 0 Å². The number of anilines is 1. The number of carbonyl (C=O) groups is 1. The number of nitrogens with zero attached hydrogens (tertiary/aromatic N) is 3. The summed E-state index contributed by atoms with van der Waals surface area (Å²) < 4.78 is 0. The molecule has 0 unspecified atom stereocenters. The highest BCUT2D eigenvalue weighted by molar-refractivity contribution is 7.15. The Labute approximate surface area is 104 Å². The molecule has 6 heteroatoms. The SMILES string of the molecule is CCc1nnc(NC(=O)C2(C#N)CC(C)C2)s1. The van der Waals surface area contributed by atoms with Crippen molar-refractivity contribution in [2.45, 2.75) is 33.1 Å². The largest absolute Gasteiger partial charge is 0.299 e. The third-order valence-electron chi connectivity index (χ3n) is 3.03. The van der Waals surface area contributed by atoms with Gasteiger partial charge in [-0.05, 0) is 25.2 Å². The van der Waals surface area contributed by atoms with Gasteiger partial charge in [0, 0.05) is 0 Å². The van der Waals surface area contributed by atoms with Crippen LogP contribution in [0.1, 0.15) is 31.7 Å². The summed E-state index contributed by atoms with van der Waals surface area (Å²) in [6.45, 7) is 4.03. The molecule has 1 saturated carbocycles. The fraction of sp³-hybridized carbons (Fsp3) is 0.636. The van der Waals surface area contributed by atoms with Crippen molar-refractivity contribution in [2.75, 3.05) is 5.32 Å². The summed E-state index contributed by atoms with van der Waals surface area (Å²) in [6, 6.07) is 2.13. The zero-order valence-corrected chi connectivity index (χ0v) is 10.7. The molecule has 0 saturated heterocycles. The average Bonchev–Trinajstić information content (AvgIpc) is 2.72. The van der Waals surface area contributed by atoms with E-state index < -0.39 is 5.41 Å². The van der Waals surface area contributed by atoms with Gasteiger partial charge in [0.15, 0.2) is 0 Å². The van der Waals surface area contributed by atoms with E-state index >= 15 is 0 Å². The van der Waals surface area contributed by atoms with Gasteiger partial charge in [0.05, 0.1) is 6.07 Å². The third-order valence-corrected chi connectivity index (χ3v) is 4.02. The van der Waals surface area contributed by atoms with Crippen LogP contribution in [0.4, 0.5) is 5.13 Å². The zero-order valence-electron chi connectivity index (χ0n) is 9.86. The van der Waals surface area contributed by atoms with E-state index in [2.05, 4.69) is 21.6 Å². The molecule has 0 aliphatic heterocycles. The van der Waals surface area contributed by atoms with Crippen LogP contribution in [0.15, 0.2) is 0 Å². The maximum Gasteiger partial charge on any atom is 0.246 e. The number of carbonyl (C=O) groups excluding carboxylic acids is 1. The first-order valence-electron chi connectivity index (χ1n) is 5.64. The van der Waals surface area contributed by atoms with Crippen molar-refractivity contribution in [1.82, 2.24) is 10.2 Å². The number of hydrogen-bond acceptors (Lipinski definition) is 5.